The molecule has 4 rings (SSSR count). The van der Waals surface area contributed by atoms with Gasteiger partial charge in [0.2, 0.25) is 14.9 Å². The molecule has 1 aliphatic rings. The van der Waals surface area contributed by atoms with E-state index in [2.05, 4.69) is 26.1 Å². The summed E-state index contributed by atoms with van der Waals surface area (Å²) in [6.07, 6.45) is 0. The van der Waals surface area contributed by atoms with E-state index >= 15 is 0 Å². The first-order valence-corrected chi connectivity index (χ1v) is 13.0. The second kappa shape index (κ2) is 10.4. The Kier molecular flexibility index (Phi) is 7.55. The number of hydrogen-bond acceptors (Lipinski definition) is 6. The van der Waals surface area contributed by atoms with Gasteiger partial charge in [-0.05, 0) is 54.1 Å². The monoisotopic (exact) mass is 552 g/mol. The van der Waals surface area contributed by atoms with E-state index < -0.39 is 15.7 Å². The number of nitrogens with zero attached hydrogens (tertiary/aromatic N) is 1. The molecule has 0 aliphatic carbocycles. The number of carbonyl (C=O) groups is 1. The zero-order valence-corrected chi connectivity index (χ0v) is 20.7. The van der Waals surface area contributed by atoms with Crippen LogP contribution in [0.1, 0.15) is 22.2 Å². The van der Waals surface area contributed by atoms with Gasteiger partial charge in [-0.25, -0.2) is 8.42 Å². The molecule has 0 spiro atoms. The molecule has 1 aromatic heterocycles. The molecular weight excluding hydrogens is 532 g/mol. The molecule has 0 radical (unpaired) electrons. The van der Waals surface area contributed by atoms with Gasteiger partial charge in [0.25, 0.3) is 5.91 Å². The van der Waals surface area contributed by atoms with Crippen LogP contribution in [0.3, 0.4) is 0 Å². The average molecular weight is 554 g/mol. The highest BCUT2D eigenvalue weighted by molar-refractivity contribution is 9.10. The standard InChI is InChI=1S/C23H22BrClN2O5S/c24-17-3-7-19(8-4-17)33(29,30)22-10-9-21(32-22)23(28)26-15-20(27-11-13-31-14-12-27)16-1-5-18(25)6-2-16/h1-10,20H,11-15H2,(H,26,28). The minimum absolute atomic E-state index is 0.0671. The molecule has 3 aromatic rings. The Labute approximate surface area is 205 Å². The molecular formula is C23H22BrClN2O5S. The first kappa shape index (κ1) is 24.0. The van der Waals surface area contributed by atoms with Crippen molar-refractivity contribution in [3.05, 3.63) is 81.5 Å². The van der Waals surface area contributed by atoms with Crippen molar-refractivity contribution in [1.29, 1.82) is 0 Å². The van der Waals surface area contributed by atoms with Gasteiger partial charge in [-0.3, -0.25) is 9.69 Å². The van der Waals surface area contributed by atoms with E-state index in [9.17, 15) is 13.2 Å². The van der Waals surface area contributed by atoms with Crippen molar-refractivity contribution in [2.24, 2.45) is 0 Å². The minimum atomic E-state index is -3.87. The fourth-order valence-corrected chi connectivity index (χ4v) is 5.19. The van der Waals surface area contributed by atoms with Gasteiger partial charge in [-0.15, -0.1) is 0 Å². The Morgan fingerprint density at radius 2 is 1.70 bits per heavy atom. The highest BCUT2D eigenvalue weighted by Crippen LogP contribution is 2.26. The predicted octanol–water partition coefficient (Wildman–Crippen LogP) is 4.33. The third kappa shape index (κ3) is 5.67. The molecule has 2 aromatic carbocycles. The summed E-state index contributed by atoms with van der Waals surface area (Å²) in [5.41, 5.74) is 1.01. The molecule has 0 saturated carbocycles. The summed E-state index contributed by atoms with van der Waals surface area (Å²) in [7, 11) is -3.87. The first-order chi connectivity index (χ1) is 15.8. The van der Waals surface area contributed by atoms with Crippen molar-refractivity contribution in [3.63, 3.8) is 0 Å². The Morgan fingerprint density at radius 3 is 2.36 bits per heavy atom. The van der Waals surface area contributed by atoms with Gasteiger partial charge in [-0.1, -0.05) is 39.7 Å². The summed E-state index contributed by atoms with van der Waals surface area (Å²) < 4.78 is 37.2. The second-order valence-electron chi connectivity index (χ2n) is 7.50. The van der Waals surface area contributed by atoms with Crippen LogP contribution in [-0.4, -0.2) is 52.1 Å². The largest absolute Gasteiger partial charge is 0.439 e. The van der Waals surface area contributed by atoms with Crippen LogP contribution in [0.4, 0.5) is 0 Å². The zero-order valence-electron chi connectivity index (χ0n) is 17.5. The van der Waals surface area contributed by atoms with Gasteiger partial charge in [0.05, 0.1) is 24.2 Å². The number of morpholine rings is 1. The summed E-state index contributed by atoms with van der Waals surface area (Å²) in [6, 6.07) is 16.3. The predicted molar refractivity (Wildman–Crippen MR) is 127 cm³/mol. The second-order valence-corrected chi connectivity index (χ2v) is 10.7. The molecule has 1 N–H and O–H groups in total. The van der Waals surface area contributed by atoms with Crippen LogP contribution in [0.5, 0.6) is 0 Å². The van der Waals surface area contributed by atoms with Gasteiger partial charge in [0.1, 0.15) is 0 Å². The smallest absolute Gasteiger partial charge is 0.287 e. The van der Waals surface area contributed by atoms with Crippen molar-refractivity contribution in [2.45, 2.75) is 16.0 Å². The molecule has 1 amide bonds. The fourth-order valence-electron chi connectivity index (χ4n) is 3.62. The van der Waals surface area contributed by atoms with Crippen LogP contribution < -0.4 is 5.32 Å². The first-order valence-electron chi connectivity index (χ1n) is 10.3. The van der Waals surface area contributed by atoms with Crippen LogP contribution in [0.2, 0.25) is 5.02 Å². The number of halogens is 2. The average Bonchev–Trinajstić information content (AvgIpc) is 3.33. The van der Waals surface area contributed by atoms with Crippen molar-refractivity contribution >= 4 is 43.3 Å². The van der Waals surface area contributed by atoms with E-state index in [1.807, 2.05) is 24.3 Å². The number of nitrogens with one attached hydrogen (secondary N) is 1. The highest BCUT2D eigenvalue weighted by Gasteiger charge is 2.26. The lowest BCUT2D eigenvalue weighted by Gasteiger charge is -2.34. The van der Waals surface area contributed by atoms with E-state index in [0.717, 1.165) is 23.1 Å². The lowest BCUT2D eigenvalue weighted by Crippen LogP contribution is -2.43. The number of benzene rings is 2. The van der Waals surface area contributed by atoms with E-state index in [1.165, 1.54) is 24.3 Å². The zero-order chi connectivity index (χ0) is 23.4. The maximum Gasteiger partial charge on any atom is 0.287 e. The molecule has 33 heavy (non-hydrogen) atoms. The quantitative estimate of drug-likeness (QED) is 0.469. The van der Waals surface area contributed by atoms with Crippen LogP contribution in [-0.2, 0) is 14.6 Å². The van der Waals surface area contributed by atoms with Crippen molar-refractivity contribution in [1.82, 2.24) is 10.2 Å². The minimum Gasteiger partial charge on any atom is -0.439 e. The van der Waals surface area contributed by atoms with Gasteiger partial charge in [0.15, 0.2) is 5.76 Å². The Morgan fingerprint density at radius 1 is 1.03 bits per heavy atom. The molecule has 0 bridgehead atoms. The third-order valence-corrected chi connectivity index (χ3v) is 7.81. The Balaban J connectivity index is 1.48. The molecule has 174 valence electrons. The SMILES string of the molecule is O=C(NCC(c1ccc(Cl)cc1)N1CCOCC1)c1ccc(S(=O)(=O)c2ccc(Br)cc2)o1. The van der Waals surface area contributed by atoms with Crippen molar-refractivity contribution in [2.75, 3.05) is 32.8 Å². The number of amides is 1. The summed E-state index contributed by atoms with van der Waals surface area (Å²) in [5, 5.41) is 3.23. The van der Waals surface area contributed by atoms with Gasteiger partial charge in [0, 0.05) is 29.1 Å². The molecule has 1 aliphatic heterocycles. The van der Waals surface area contributed by atoms with Crippen LogP contribution >= 0.6 is 27.5 Å². The summed E-state index contributed by atoms with van der Waals surface area (Å²) in [4.78, 5) is 15.1. The lowest BCUT2D eigenvalue weighted by atomic mass is 10.0. The maximum atomic E-state index is 12.8. The van der Waals surface area contributed by atoms with E-state index in [1.54, 1.807) is 12.1 Å². The topological polar surface area (TPSA) is 88.9 Å². The fraction of sp³-hybridized carbons (Fsp3) is 0.261. The Bertz CT molecular complexity index is 1210. The molecule has 1 saturated heterocycles. The number of hydrogen-bond donors (Lipinski definition) is 1. The van der Waals surface area contributed by atoms with Crippen LogP contribution in [0.15, 0.2) is 79.5 Å². The van der Waals surface area contributed by atoms with E-state index in [4.69, 9.17) is 20.8 Å². The molecule has 10 heteroatoms. The van der Waals surface area contributed by atoms with Crippen LogP contribution in [0, 0.1) is 0 Å². The number of ether oxygens (including phenoxy) is 1. The number of rotatable bonds is 7. The molecule has 1 fully saturated rings. The van der Waals surface area contributed by atoms with Gasteiger partial charge >= 0.3 is 0 Å². The summed E-state index contributed by atoms with van der Waals surface area (Å²) in [5.74, 6) is -0.554. The maximum absolute atomic E-state index is 12.8. The van der Waals surface area contributed by atoms with Crippen molar-refractivity contribution in [3.8, 4) is 0 Å². The Hall–Kier alpha value is -2.17. The number of sulfone groups is 1. The summed E-state index contributed by atoms with van der Waals surface area (Å²) in [6.45, 7) is 3.02. The van der Waals surface area contributed by atoms with Crippen LogP contribution in [0.25, 0.3) is 0 Å². The number of carbonyl (C=O) groups excluding carboxylic acids is 1. The summed E-state index contributed by atoms with van der Waals surface area (Å²) >= 11 is 9.31. The van der Waals surface area contributed by atoms with Gasteiger partial charge in [-0.2, -0.15) is 0 Å². The lowest BCUT2D eigenvalue weighted by molar-refractivity contribution is 0.0161. The molecule has 1 unspecified atom stereocenters. The third-order valence-electron chi connectivity index (χ3n) is 5.39. The number of furan rings is 1. The normalized spacial score (nSPS) is 15.8. The van der Waals surface area contributed by atoms with Crippen molar-refractivity contribution < 1.29 is 22.4 Å². The molecule has 7 nitrogen and oxygen atoms in total. The molecule has 2 heterocycles. The van der Waals surface area contributed by atoms with E-state index in [-0.39, 0.29) is 21.8 Å². The van der Waals surface area contributed by atoms with Gasteiger partial charge < -0.3 is 14.5 Å². The highest BCUT2D eigenvalue weighted by atomic mass is 79.9. The molecule has 1 atom stereocenters. The van der Waals surface area contributed by atoms with E-state index in [0.29, 0.717) is 24.8 Å².